The van der Waals surface area contributed by atoms with Gasteiger partial charge in [-0.15, -0.1) is 0 Å². The predicted molar refractivity (Wildman–Crippen MR) is 63.7 cm³/mol. The summed E-state index contributed by atoms with van der Waals surface area (Å²) in [6.07, 6.45) is 6.46. The smallest absolute Gasteiger partial charge is 0.219 e. The molecule has 0 radical (unpaired) electrons. The summed E-state index contributed by atoms with van der Waals surface area (Å²) >= 11 is 0. The Labute approximate surface area is 94.0 Å². The second-order valence-electron chi connectivity index (χ2n) is 5.04. The van der Waals surface area contributed by atoms with Crippen LogP contribution in [-0.4, -0.2) is 23.9 Å². The summed E-state index contributed by atoms with van der Waals surface area (Å²) < 4.78 is 0. The maximum Gasteiger partial charge on any atom is 0.219 e. The lowest BCUT2D eigenvalue weighted by atomic mass is 9.88. The Morgan fingerprint density at radius 3 is 2.47 bits per heavy atom. The number of nitrogens with zero attached hydrogens (tertiary/aromatic N) is 1. The Bertz CT molecular complexity index is 195. The quantitative estimate of drug-likeness (QED) is 0.700. The van der Waals surface area contributed by atoms with Crippen LogP contribution in [0.5, 0.6) is 0 Å². The average Bonchev–Trinajstić information content (AvgIpc) is 2.26. The zero-order valence-corrected chi connectivity index (χ0v) is 10.5. The van der Waals surface area contributed by atoms with Crippen molar-refractivity contribution in [2.45, 2.75) is 52.9 Å². The largest absolute Gasteiger partial charge is 0.343 e. The van der Waals surface area contributed by atoms with E-state index in [9.17, 15) is 4.79 Å². The molecular formula is C13H25NO. The molecule has 0 aromatic heterocycles. The molecule has 1 aliphatic heterocycles. The van der Waals surface area contributed by atoms with Crippen LogP contribution in [0, 0.1) is 11.8 Å². The van der Waals surface area contributed by atoms with Gasteiger partial charge in [0.05, 0.1) is 0 Å². The van der Waals surface area contributed by atoms with Gasteiger partial charge < -0.3 is 4.90 Å². The van der Waals surface area contributed by atoms with Crippen molar-refractivity contribution in [1.82, 2.24) is 4.90 Å². The first kappa shape index (κ1) is 12.5. The first-order valence-corrected chi connectivity index (χ1v) is 6.39. The highest BCUT2D eigenvalue weighted by molar-refractivity contribution is 5.73. The summed E-state index contributed by atoms with van der Waals surface area (Å²) in [6.45, 7) is 8.26. The maximum absolute atomic E-state index is 11.1. The molecule has 15 heavy (non-hydrogen) atoms. The van der Waals surface area contributed by atoms with E-state index < -0.39 is 0 Å². The molecule has 1 fully saturated rings. The van der Waals surface area contributed by atoms with Crippen molar-refractivity contribution in [2.75, 3.05) is 13.1 Å². The Morgan fingerprint density at radius 2 is 2.00 bits per heavy atom. The van der Waals surface area contributed by atoms with Crippen molar-refractivity contribution in [2.24, 2.45) is 11.8 Å². The monoisotopic (exact) mass is 211 g/mol. The number of carbonyl (C=O) groups excluding carboxylic acids is 1. The van der Waals surface area contributed by atoms with Crippen LogP contribution in [0.3, 0.4) is 0 Å². The Balaban J connectivity index is 2.17. The highest BCUT2D eigenvalue weighted by Crippen LogP contribution is 2.24. The molecule has 0 N–H and O–H groups in total. The lowest BCUT2D eigenvalue weighted by molar-refractivity contribution is -0.130. The first-order valence-electron chi connectivity index (χ1n) is 6.39. The number of amides is 1. The molecule has 2 nitrogen and oxygen atoms in total. The Kier molecular flexibility index (Phi) is 5.13. The molecule has 0 bridgehead atoms. The third kappa shape index (κ3) is 4.23. The van der Waals surface area contributed by atoms with E-state index in [1.165, 1.54) is 32.1 Å². The Morgan fingerprint density at radius 1 is 1.40 bits per heavy atom. The minimum atomic E-state index is 0.246. The number of hydrogen-bond donors (Lipinski definition) is 0. The summed E-state index contributed by atoms with van der Waals surface area (Å²) in [5.41, 5.74) is 0. The lowest BCUT2D eigenvalue weighted by Crippen LogP contribution is -2.37. The third-order valence-electron chi connectivity index (χ3n) is 3.82. The fourth-order valence-corrected chi connectivity index (χ4v) is 2.26. The number of hydrogen-bond acceptors (Lipinski definition) is 1. The van der Waals surface area contributed by atoms with Gasteiger partial charge in [0.15, 0.2) is 0 Å². The van der Waals surface area contributed by atoms with Gasteiger partial charge in [-0.2, -0.15) is 0 Å². The van der Waals surface area contributed by atoms with E-state index in [1.54, 1.807) is 6.92 Å². The molecule has 0 spiro atoms. The zero-order chi connectivity index (χ0) is 11.3. The molecule has 0 aliphatic carbocycles. The number of rotatable bonds is 4. The van der Waals surface area contributed by atoms with Crippen molar-refractivity contribution in [3.05, 3.63) is 0 Å². The van der Waals surface area contributed by atoms with Gasteiger partial charge >= 0.3 is 0 Å². The van der Waals surface area contributed by atoms with Crippen LogP contribution in [0.2, 0.25) is 0 Å². The summed E-state index contributed by atoms with van der Waals surface area (Å²) in [5, 5.41) is 0. The molecule has 1 unspecified atom stereocenters. The van der Waals surface area contributed by atoms with Crippen LogP contribution in [0.25, 0.3) is 0 Å². The van der Waals surface area contributed by atoms with Crippen molar-refractivity contribution >= 4 is 5.91 Å². The van der Waals surface area contributed by atoms with Crippen LogP contribution < -0.4 is 0 Å². The van der Waals surface area contributed by atoms with E-state index in [2.05, 4.69) is 13.8 Å². The summed E-state index contributed by atoms with van der Waals surface area (Å²) in [7, 11) is 0. The van der Waals surface area contributed by atoms with Gasteiger partial charge in [0, 0.05) is 20.0 Å². The normalized spacial score (nSPS) is 20.3. The average molecular weight is 211 g/mol. The molecule has 1 saturated heterocycles. The van der Waals surface area contributed by atoms with Crippen LogP contribution in [-0.2, 0) is 4.79 Å². The lowest BCUT2D eigenvalue weighted by Gasteiger charge is -2.31. The van der Waals surface area contributed by atoms with Crippen LogP contribution in [0.4, 0.5) is 0 Å². The molecule has 2 heteroatoms. The van der Waals surface area contributed by atoms with E-state index in [1.807, 2.05) is 4.90 Å². The van der Waals surface area contributed by atoms with E-state index in [-0.39, 0.29) is 5.91 Å². The van der Waals surface area contributed by atoms with Crippen LogP contribution in [0.15, 0.2) is 0 Å². The third-order valence-corrected chi connectivity index (χ3v) is 3.82. The molecule has 1 atom stereocenters. The molecule has 0 aromatic carbocycles. The molecule has 1 aliphatic rings. The summed E-state index contributed by atoms with van der Waals surface area (Å²) in [6, 6.07) is 0. The highest BCUT2D eigenvalue weighted by Gasteiger charge is 2.20. The zero-order valence-electron chi connectivity index (χ0n) is 10.5. The van der Waals surface area contributed by atoms with E-state index in [0.29, 0.717) is 0 Å². The maximum atomic E-state index is 11.1. The number of likely N-dealkylation sites (tertiary alicyclic amines) is 1. The van der Waals surface area contributed by atoms with Crippen molar-refractivity contribution in [1.29, 1.82) is 0 Å². The molecule has 88 valence electrons. The second-order valence-corrected chi connectivity index (χ2v) is 5.04. The summed E-state index contributed by atoms with van der Waals surface area (Å²) in [4.78, 5) is 13.1. The topological polar surface area (TPSA) is 20.3 Å². The van der Waals surface area contributed by atoms with Crippen molar-refractivity contribution < 1.29 is 4.79 Å². The van der Waals surface area contributed by atoms with E-state index in [0.717, 1.165) is 24.9 Å². The van der Waals surface area contributed by atoms with Gasteiger partial charge in [-0.25, -0.2) is 0 Å². The highest BCUT2D eigenvalue weighted by atomic mass is 16.2. The van der Waals surface area contributed by atoms with Crippen LogP contribution in [0.1, 0.15) is 52.9 Å². The van der Waals surface area contributed by atoms with Gasteiger partial charge in [0.25, 0.3) is 0 Å². The molecule has 1 heterocycles. The molecule has 0 aromatic rings. The minimum absolute atomic E-state index is 0.246. The van der Waals surface area contributed by atoms with Crippen molar-refractivity contribution in [3.8, 4) is 0 Å². The first-order chi connectivity index (χ1) is 7.13. The standard InChI is InChI=1S/C13H25NO/c1-4-11(2)5-6-13-7-9-14(10-8-13)12(3)15/h11,13H,4-10H2,1-3H3. The fraction of sp³-hybridized carbons (Fsp3) is 0.923. The second kappa shape index (κ2) is 6.14. The van der Waals surface area contributed by atoms with Gasteiger partial charge in [-0.05, 0) is 24.7 Å². The number of carbonyl (C=O) groups is 1. The predicted octanol–water partition coefficient (Wildman–Crippen LogP) is 3.07. The number of piperidine rings is 1. The van der Waals surface area contributed by atoms with Gasteiger partial charge in [-0.1, -0.05) is 33.1 Å². The molecule has 0 saturated carbocycles. The fourth-order valence-electron chi connectivity index (χ4n) is 2.26. The van der Waals surface area contributed by atoms with Gasteiger partial charge in [-0.3, -0.25) is 4.79 Å². The van der Waals surface area contributed by atoms with E-state index in [4.69, 9.17) is 0 Å². The molecule has 1 rings (SSSR count). The van der Waals surface area contributed by atoms with Crippen molar-refractivity contribution in [3.63, 3.8) is 0 Å². The molecular weight excluding hydrogens is 186 g/mol. The van der Waals surface area contributed by atoms with Gasteiger partial charge in [0.2, 0.25) is 5.91 Å². The van der Waals surface area contributed by atoms with Crippen LogP contribution >= 0.6 is 0 Å². The van der Waals surface area contributed by atoms with E-state index >= 15 is 0 Å². The SMILES string of the molecule is CCC(C)CCC1CCN(C(C)=O)CC1. The Hall–Kier alpha value is -0.530. The molecule has 1 amide bonds. The minimum Gasteiger partial charge on any atom is -0.343 e. The van der Waals surface area contributed by atoms with Gasteiger partial charge in [0.1, 0.15) is 0 Å². The summed E-state index contributed by atoms with van der Waals surface area (Å²) in [5.74, 6) is 1.99.